The molecular formula is C11H26O3. The summed E-state index contributed by atoms with van der Waals surface area (Å²) in [4.78, 5) is 10.2. The van der Waals surface area contributed by atoms with E-state index in [0.717, 1.165) is 12.8 Å². The molecular weight excluding hydrogens is 180 g/mol. The first kappa shape index (κ1) is 19.1. The highest BCUT2D eigenvalue weighted by Crippen LogP contribution is 1.94. The highest BCUT2D eigenvalue weighted by molar-refractivity contribution is 5.66. The van der Waals surface area contributed by atoms with Gasteiger partial charge in [0.05, 0.1) is 12.2 Å². The van der Waals surface area contributed by atoms with Gasteiger partial charge in [-0.05, 0) is 26.7 Å². The Bertz CT molecular complexity index is 122. The number of rotatable bonds is 3. The highest BCUT2D eigenvalue weighted by Gasteiger charge is 1.99. The maximum atomic E-state index is 10.2. The van der Waals surface area contributed by atoms with Crippen LogP contribution in [-0.4, -0.2) is 23.3 Å². The molecule has 0 amide bonds. The van der Waals surface area contributed by atoms with Crippen LogP contribution in [0.1, 0.15) is 54.9 Å². The maximum Gasteiger partial charge on any atom is 0.302 e. The summed E-state index contributed by atoms with van der Waals surface area (Å²) in [5.41, 5.74) is 0. The molecule has 0 rings (SSSR count). The number of ether oxygens (including phenoxy) is 1. The van der Waals surface area contributed by atoms with Crippen LogP contribution in [0.3, 0.4) is 0 Å². The summed E-state index contributed by atoms with van der Waals surface area (Å²) in [6.45, 7) is 9.01. The van der Waals surface area contributed by atoms with Crippen molar-refractivity contribution in [1.29, 1.82) is 0 Å². The molecule has 0 aliphatic carbocycles. The van der Waals surface area contributed by atoms with Crippen molar-refractivity contribution in [1.82, 2.24) is 0 Å². The van der Waals surface area contributed by atoms with Crippen molar-refractivity contribution in [2.24, 2.45) is 0 Å². The first-order valence-corrected chi connectivity index (χ1v) is 4.79. The number of aliphatic hydroxyl groups excluding tert-OH is 1. The molecule has 0 fully saturated rings. The molecule has 0 saturated carbocycles. The van der Waals surface area contributed by atoms with Gasteiger partial charge in [-0.3, -0.25) is 4.79 Å². The van der Waals surface area contributed by atoms with Crippen molar-refractivity contribution >= 4 is 5.97 Å². The molecule has 2 unspecified atom stereocenters. The SMILES string of the molecule is C.CCC(C)O.CCC(C)OC(C)=O. The molecule has 0 aromatic carbocycles. The molecule has 88 valence electrons. The topological polar surface area (TPSA) is 46.5 Å². The van der Waals surface area contributed by atoms with Crippen LogP contribution in [0.25, 0.3) is 0 Å². The molecule has 0 aromatic rings. The largest absolute Gasteiger partial charge is 0.463 e. The quantitative estimate of drug-likeness (QED) is 0.722. The van der Waals surface area contributed by atoms with E-state index in [4.69, 9.17) is 9.84 Å². The lowest BCUT2D eigenvalue weighted by Crippen LogP contribution is -2.09. The Balaban J connectivity index is -0.000000177. The number of aliphatic hydroxyl groups is 1. The Kier molecular flexibility index (Phi) is 16.9. The van der Waals surface area contributed by atoms with E-state index >= 15 is 0 Å². The van der Waals surface area contributed by atoms with Crippen LogP contribution in [0.4, 0.5) is 0 Å². The normalized spacial score (nSPS) is 12.7. The average Bonchev–Trinajstić information content (AvgIpc) is 2.04. The van der Waals surface area contributed by atoms with Crippen LogP contribution >= 0.6 is 0 Å². The number of hydrogen-bond acceptors (Lipinski definition) is 3. The summed E-state index contributed by atoms with van der Waals surface area (Å²) in [7, 11) is 0. The Labute approximate surface area is 88.5 Å². The van der Waals surface area contributed by atoms with Crippen molar-refractivity contribution in [3.8, 4) is 0 Å². The minimum Gasteiger partial charge on any atom is -0.463 e. The van der Waals surface area contributed by atoms with Crippen molar-refractivity contribution in [3.05, 3.63) is 0 Å². The second kappa shape index (κ2) is 12.4. The van der Waals surface area contributed by atoms with E-state index in [9.17, 15) is 4.79 Å². The minimum absolute atomic E-state index is 0. The van der Waals surface area contributed by atoms with Crippen molar-refractivity contribution < 1.29 is 14.6 Å². The molecule has 0 aliphatic rings. The third-order valence-corrected chi connectivity index (χ3v) is 1.53. The highest BCUT2D eigenvalue weighted by atomic mass is 16.5. The smallest absolute Gasteiger partial charge is 0.302 e. The fourth-order valence-electron chi connectivity index (χ4n) is 0.367. The van der Waals surface area contributed by atoms with Crippen molar-refractivity contribution in [2.75, 3.05) is 0 Å². The summed E-state index contributed by atoms with van der Waals surface area (Å²) in [5.74, 6) is -0.195. The second-order valence-corrected chi connectivity index (χ2v) is 3.09. The molecule has 14 heavy (non-hydrogen) atoms. The molecule has 1 N–H and O–H groups in total. The van der Waals surface area contributed by atoms with E-state index in [2.05, 4.69) is 0 Å². The first-order chi connectivity index (χ1) is 5.93. The molecule has 0 heterocycles. The lowest BCUT2D eigenvalue weighted by molar-refractivity contribution is -0.145. The molecule has 0 aliphatic heterocycles. The molecule has 0 aromatic heterocycles. The van der Waals surface area contributed by atoms with Gasteiger partial charge in [-0.15, -0.1) is 0 Å². The van der Waals surface area contributed by atoms with E-state index < -0.39 is 0 Å². The Hall–Kier alpha value is -0.570. The van der Waals surface area contributed by atoms with Crippen LogP contribution < -0.4 is 0 Å². The maximum absolute atomic E-state index is 10.2. The average molecular weight is 206 g/mol. The Morgan fingerprint density at radius 3 is 1.71 bits per heavy atom. The predicted molar refractivity (Wildman–Crippen MR) is 60.2 cm³/mol. The summed E-state index contributed by atoms with van der Waals surface area (Å²) in [5, 5.41) is 8.36. The first-order valence-electron chi connectivity index (χ1n) is 4.79. The van der Waals surface area contributed by atoms with Crippen molar-refractivity contribution in [3.63, 3.8) is 0 Å². The van der Waals surface area contributed by atoms with Gasteiger partial charge in [0.1, 0.15) is 0 Å². The number of carbonyl (C=O) groups is 1. The molecule has 2 atom stereocenters. The fraction of sp³-hybridized carbons (Fsp3) is 0.909. The van der Waals surface area contributed by atoms with E-state index in [1.807, 2.05) is 20.8 Å². The van der Waals surface area contributed by atoms with Gasteiger partial charge in [-0.1, -0.05) is 21.3 Å². The lowest BCUT2D eigenvalue weighted by atomic mass is 10.3. The minimum atomic E-state index is -0.195. The summed E-state index contributed by atoms with van der Waals surface area (Å²) >= 11 is 0. The monoisotopic (exact) mass is 206 g/mol. The fourth-order valence-corrected chi connectivity index (χ4v) is 0.367. The number of esters is 1. The molecule has 3 heteroatoms. The lowest BCUT2D eigenvalue weighted by Gasteiger charge is -2.06. The molecule has 3 nitrogen and oxygen atoms in total. The van der Waals surface area contributed by atoms with Crippen molar-refractivity contribution in [2.45, 2.75) is 67.1 Å². The second-order valence-electron chi connectivity index (χ2n) is 3.09. The van der Waals surface area contributed by atoms with Gasteiger partial charge in [-0.2, -0.15) is 0 Å². The molecule has 0 spiro atoms. The molecule has 0 saturated heterocycles. The zero-order valence-electron chi connectivity index (χ0n) is 9.33. The summed E-state index contributed by atoms with van der Waals surface area (Å²) in [6, 6.07) is 0. The standard InChI is InChI=1S/C6H12O2.C4H10O.CH4/c1-4-5(2)8-6(3)7;1-3-4(2)5;/h5H,4H2,1-3H3;4-5H,3H2,1-2H3;1H4. The number of carbonyl (C=O) groups excluding carboxylic acids is 1. The van der Waals surface area contributed by atoms with Gasteiger partial charge in [0.15, 0.2) is 0 Å². The van der Waals surface area contributed by atoms with Gasteiger partial charge in [0.2, 0.25) is 0 Å². The Morgan fingerprint density at radius 2 is 1.64 bits per heavy atom. The summed E-state index contributed by atoms with van der Waals surface area (Å²) in [6.07, 6.45) is 1.71. The zero-order chi connectivity index (χ0) is 10.9. The molecule has 0 radical (unpaired) electrons. The number of hydrogen-bond donors (Lipinski definition) is 1. The van der Waals surface area contributed by atoms with Gasteiger partial charge in [0.25, 0.3) is 0 Å². The van der Waals surface area contributed by atoms with E-state index in [0.29, 0.717) is 0 Å². The van der Waals surface area contributed by atoms with Crippen LogP contribution in [-0.2, 0) is 9.53 Å². The van der Waals surface area contributed by atoms with Gasteiger partial charge >= 0.3 is 5.97 Å². The molecule has 0 bridgehead atoms. The van der Waals surface area contributed by atoms with E-state index in [1.54, 1.807) is 6.92 Å². The van der Waals surface area contributed by atoms with Crippen LogP contribution in [0, 0.1) is 0 Å². The third kappa shape index (κ3) is 22.5. The van der Waals surface area contributed by atoms with Crippen LogP contribution in [0.5, 0.6) is 0 Å². The predicted octanol–water partition coefficient (Wildman–Crippen LogP) is 2.76. The third-order valence-electron chi connectivity index (χ3n) is 1.53. The van der Waals surface area contributed by atoms with Gasteiger partial charge in [0, 0.05) is 6.92 Å². The zero-order valence-corrected chi connectivity index (χ0v) is 9.33. The van der Waals surface area contributed by atoms with Crippen LogP contribution in [0.15, 0.2) is 0 Å². The van der Waals surface area contributed by atoms with E-state index in [1.165, 1.54) is 6.92 Å². The van der Waals surface area contributed by atoms with Gasteiger partial charge in [-0.25, -0.2) is 0 Å². The van der Waals surface area contributed by atoms with E-state index in [-0.39, 0.29) is 25.6 Å². The summed E-state index contributed by atoms with van der Waals surface area (Å²) < 4.78 is 4.76. The van der Waals surface area contributed by atoms with Gasteiger partial charge < -0.3 is 9.84 Å². The Morgan fingerprint density at radius 1 is 1.29 bits per heavy atom. The van der Waals surface area contributed by atoms with Crippen LogP contribution in [0.2, 0.25) is 0 Å².